The maximum Gasteiger partial charge on any atom is 0.0951 e. The maximum atomic E-state index is 4.53. The van der Waals surface area contributed by atoms with Crippen LogP contribution in [-0.2, 0) is 5.41 Å². The van der Waals surface area contributed by atoms with Crippen LogP contribution in [-0.4, -0.2) is 22.6 Å². The van der Waals surface area contributed by atoms with E-state index in [4.69, 9.17) is 0 Å². The van der Waals surface area contributed by atoms with Crippen molar-refractivity contribution in [2.45, 2.75) is 70.3 Å². The quantitative estimate of drug-likeness (QED) is 0.912. The molecular formula is C17H29N3. The molecule has 1 saturated heterocycles. The van der Waals surface area contributed by atoms with Gasteiger partial charge in [0.1, 0.15) is 0 Å². The first-order valence-electron chi connectivity index (χ1n) is 8.47. The summed E-state index contributed by atoms with van der Waals surface area (Å²) in [6.45, 7) is 7.07. The van der Waals surface area contributed by atoms with Crippen LogP contribution in [0.25, 0.3) is 0 Å². The van der Waals surface area contributed by atoms with E-state index in [2.05, 4.69) is 41.2 Å². The fraction of sp³-hybridized carbons (Fsp3) is 0.824. The first kappa shape index (κ1) is 14.1. The summed E-state index contributed by atoms with van der Waals surface area (Å²) in [7, 11) is 0. The first-order valence-corrected chi connectivity index (χ1v) is 8.47. The third-order valence-electron chi connectivity index (χ3n) is 5.74. The van der Waals surface area contributed by atoms with Gasteiger partial charge < -0.3 is 9.88 Å². The molecule has 2 unspecified atom stereocenters. The van der Waals surface area contributed by atoms with Crippen LogP contribution in [0.15, 0.2) is 12.5 Å². The van der Waals surface area contributed by atoms with E-state index >= 15 is 0 Å². The standard InChI is InChI=1S/C17H29N3/c1-3-14-6-4-5-7-15(14)20-13-19-12-16(20)17(2)8-10-18-11-9-17/h12-15,18H,3-11H2,1-2H3. The van der Waals surface area contributed by atoms with Crippen molar-refractivity contribution in [1.82, 2.24) is 14.9 Å². The van der Waals surface area contributed by atoms with Gasteiger partial charge in [-0.05, 0) is 44.7 Å². The molecule has 1 aromatic heterocycles. The summed E-state index contributed by atoms with van der Waals surface area (Å²) in [4.78, 5) is 4.53. The Balaban J connectivity index is 1.89. The highest BCUT2D eigenvalue weighted by Gasteiger charge is 2.35. The fourth-order valence-corrected chi connectivity index (χ4v) is 4.30. The van der Waals surface area contributed by atoms with E-state index in [1.165, 1.54) is 50.6 Å². The van der Waals surface area contributed by atoms with E-state index in [9.17, 15) is 0 Å². The molecule has 1 N–H and O–H groups in total. The number of imidazole rings is 1. The van der Waals surface area contributed by atoms with Crippen molar-refractivity contribution in [2.75, 3.05) is 13.1 Å². The van der Waals surface area contributed by atoms with Crippen molar-refractivity contribution in [3.63, 3.8) is 0 Å². The zero-order valence-corrected chi connectivity index (χ0v) is 13.1. The molecule has 1 saturated carbocycles. The maximum absolute atomic E-state index is 4.53. The predicted molar refractivity (Wildman–Crippen MR) is 83.0 cm³/mol. The third-order valence-corrected chi connectivity index (χ3v) is 5.74. The lowest BCUT2D eigenvalue weighted by Crippen LogP contribution is -2.40. The second-order valence-corrected chi connectivity index (χ2v) is 7.02. The molecule has 3 heteroatoms. The third kappa shape index (κ3) is 2.52. The van der Waals surface area contributed by atoms with Gasteiger partial charge in [-0.2, -0.15) is 0 Å². The van der Waals surface area contributed by atoms with Crippen LogP contribution in [0.3, 0.4) is 0 Å². The minimum atomic E-state index is 0.317. The normalized spacial score (nSPS) is 30.3. The van der Waals surface area contributed by atoms with Gasteiger partial charge in [0, 0.05) is 23.3 Å². The van der Waals surface area contributed by atoms with Crippen molar-refractivity contribution in [1.29, 1.82) is 0 Å². The molecule has 20 heavy (non-hydrogen) atoms. The molecule has 3 rings (SSSR count). The Morgan fingerprint density at radius 2 is 2.05 bits per heavy atom. The molecule has 1 aliphatic carbocycles. The van der Waals surface area contributed by atoms with E-state index in [0.29, 0.717) is 11.5 Å². The zero-order chi connectivity index (χ0) is 14.0. The molecule has 2 aliphatic rings. The molecule has 1 aromatic rings. The Kier molecular flexibility index (Phi) is 4.16. The lowest BCUT2D eigenvalue weighted by atomic mass is 9.77. The second kappa shape index (κ2) is 5.88. The van der Waals surface area contributed by atoms with Gasteiger partial charge in [0.05, 0.1) is 6.33 Å². The van der Waals surface area contributed by atoms with Crippen LogP contribution in [0.4, 0.5) is 0 Å². The molecule has 2 fully saturated rings. The number of nitrogens with one attached hydrogen (secondary N) is 1. The fourth-order valence-electron chi connectivity index (χ4n) is 4.30. The Bertz CT molecular complexity index is 431. The topological polar surface area (TPSA) is 29.9 Å². The Labute approximate surface area is 123 Å². The molecule has 1 aliphatic heterocycles. The first-order chi connectivity index (χ1) is 9.74. The van der Waals surface area contributed by atoms with Crippen LogP contribution in [0.5, 0.6) is 0 Å². The number of piperidine rings is 1. The van der Waals surface area contributed by atoms with Gasteiger partial charge >= 0.3 is 0 Å². The summed E-state index contributed by atoms with van der Waals surface area (Å²) >= 11 is 0. The van der Waals surface area contributed by atoms with Gasteiger partial charge in [-0.3, -0.25) is 0 Å². The molecular weight excluding hydrogens is 246 g/mol. The SMILES string of the molecule is CCC1CCCCC1n1cncc1C1(C)CCNCC1. The average molecular weight is 275 g/mol. The van der Waals surface area contributed by atoms with Crippen LogP contribution in [0.2, 0.25) is 0 Å². The van der Waals surface area contributed by atoms with Crippen molar-refractivity contribution < 1.29 is 0 Å². The van der Waals surface area contributed by atoms with E-state index in [0.717, 1.165) is 19.0 Å². The molecule has 3 nitrogen and oxygen atoms in total. The zero-order valence-electron chi connectivity index (χ0n) is 13.1. The van der Waals surface area contributed by atoms with E-state index in [1.54, 1.807) is 0 Å². The highest BCUT2D eigenvalue weighted by molar-refractivity contribution is 5.17. The second-order valence-electron chi connectivity index (χ2n) is 7.02. The predicted octanol–water partition coefficient (Wildman–Crippen LogP) is 3.67. The van der Waals surface area contributed by atoms with Gasteiger partial charge in [-0.1, -0.05) is 33.1 Å². The molecule has 0 spiro atoms. The van der Waals surface area contributed by atoms with Gasteiger partial charge in [0.2, 0.25) is 0 Å². The Morgan fingerprint density at radius 1 is 1.30 bits per heavy atom. The largest absolute Gasteiger partial charge is 0.331 e. The van der Waals surface area contributed by atoms with Crippen molar-refractivity contribution >= 4 is 0 Å². The van der Waals surface area contributed by atoms with Gasteiger partial charge in [-0.15, -0.1) is 0 Å². The van der Waals surface area contributed by atoms with Gasteiger partial charge in [-0.25, -0.2) is 4.98 Å². The highest BCUT2D eigenvalue weighted by Crippen LogP contribution is 2.40. The molecule has 112 valence electrons. The van der Waals surface area contributed by atoms with Crippen LogP contribution in [0.1, 0.15) is 70.5 Å². The number of rotatable bonds is 3. The summed E-state index contributed by atoms with van der Waals surface area (Å²) < 4.78 is 2.55. The Hall–Kier alpha value is -0.830. The Morgan fingerprint density at radius 3 is 2.80 bits per heavy atom. The molecule has 2 heterocycles. The lowest BCUT2D eigenvalue weighted by Gasteiger charge is -2.39. The van der Waals surface area contributed by atoms with E-state index in [1.807, 2.05) is 0 Å². The summed E-state index contributed by atoms with van der Waals surface area (Å²) in [5.41, 5.74) is 1.81. The minimum Gasteiger partial charge on any atom is -0.331 e. The minimum absolute atomic E-state index is 0.317. The van der Waals surface area contributed by atoms with Gasteiger partial charge in [0.25, 0.3) is 0 Å². The van der Waals surface area contributed by atoms with Crippen molar-refractivity contribution in [3.05, 3.63) is 18.2 Å². The van der Waals surface area contributed by atoms with Crippen molar-refractivity contribution in [3.8, 4) is 0 Å². The number of hydrogen-bond acceptors (Lipinski definition) is 2. The number of aromatic nitrogens is 2. The molecule has 0 radical (unpaired) electrons. The van der Waals surface area contributed by atoms with E-state index < -0.39 is 0 Å². The van der Waals surface area contributed by atoms with Crippen LogP contribution < -0.4 is 5.32 Å². The monoisotopic (exact) mass is 275 g/mol. The average Bonchev–Trinajstić information content (AvgIpc) is 2.98. The summed E-state index contributed by atoms with van der Waals surface area (Å²) in [6, 6.07) is 0.693. The molecule has 0 aromatic carbocycles. The molecule has 0 bridgehead atoms. The summed E-state index contributed by atoms with van der Waals surface area (Å²) in [6.07, 6.45) is 13.6. The van der Waals surface area contributed by atoms with E-state index in [-0.39, 0.29) is 0 Å². The number of nitrogens with zero attached hydrogens (tertiary/aromatic N) is 2. The molecule has 2 atom stereocenters. The van der Waals surface area contributed by atoms with Gasteiger partial charge in [0.15, 0.2) is 0 Å². The van der Waals surface area contributed by atoms with Crippen LogP contribution >= 0.6 is 0 Å². The smallest absolute Gasteiger partial charge is 0.0951 e. The lowest BCUT2D eigenvalue weighted by molar-refractivity contribution is 0.214. The van der Waals surface area contributed by atoms with Crippen LogP contribution in [0, 0.1) is 5.92 Å². The molecule has 0 amide bonds. The number of hydrogen-bond donors (Lipinski definition) is 1. The van der Waals surface area contributed by atoms with Crippen molar-refractivity contribution in [2.24, 2.45) is 5.92 Å². The highest BCUT2D eigenvalue weighted by atomic mass is 15.1. The summed E-state index contributed by atoms with van der Waals surface area (Å²) in [5.74, 6) is 0.849. The summed E-state index contributed by atoms with van der Waals surface area (Å²) in [5, 5.41) is 3.49.